The van der Waals surface area contributed by atoms with Crippen LogP contribution in [-0.4, -0.2) is 55.9 Å². The number of hydrogen-bond acceptors (Lipinski definition) is 4. The molecule has 2 fully saturated rings. The monoisotopic (exact) mass is 238 g/mol. The molecule has 0 aliphatic carbocycles. The first-order valence-corrected chi connectivity index (χ1v) is 4.90. The van der Waals surface area contributed by atoms with Crippen molar-refractivity contribution in [2.24, 2.45) is 0 Å². The van der Waals surface area contributed by atoms with E-state index in [2.05, 4.69) is 10.1 Å². The van der Waals surface area contributed by atoms with Crippen molar-refractivity contribution in [1.82, 2.24) is 10.2 Å². The van der Waals surface area contributed by atoms with Gasteiger partial charge in [-0.1, -0.05) is 0 Å². The first-order valence-electron chi connectivity index (χ1n) is 4.90. The highest BCUT2D eigenvalue weighted by molar-refractivity contribution is 5.85. The second-order valence-electron chi connectivity index (χ2n) is 3.88. The van der Waals surface area contributed by atoms with E-state index in [1.165, 1.54) is 7.11 Å². The molecule has 0 bridgehead atoms. The Morgan fingerprint density at radius 3 is 2.67 bits per heavy atom. The van der Waals surface area contributed by atoms with E-state index in [-0.39, 0.29) is 30.8 Å². The lowest BCUT2D eigenvalue weighted by Crippen LogP contribution is -2.59. The van der Waals surface area contributed by atoms with Gasteiger partial charge in [-0.05, 0) is 0 Å². The number of rotatable bonds is 2. The molecule has 0 aromatic rings. The zero-order chi connectivity index (χ0) is 10.1. The normalized spacial score (nSPS) is 31.9. The third kappa shape index (κ3) is 2.41. The van der Waals surface area contributed by atoms with Gasteiger partial charge in [0, 0.05) is 32.1 Å². The van der Waals surface area contributed by atoms with Gasteiger partial charge in [0.05, 0.1) is 7.11 Å². The minimum absolute atomic E-state index is 0. The molecule has 0 amide bonds. The molecule has 0 aromatic carbocycles. The molecule has 2 unspecified atom stereocenters. The molecule has 2 aliphatic heterocycles. The zero-order valence-corrected chi connectivity index (χ0v) is 9.43. The first kappa shape index (κ1) is 12.7. The number of esters is 1. The molecule has 6 heteroatoms. The fourth-order valence-corrected chi connectivity index (χ4v) is 2.09. The van der Waals surface area contributed by atoms with Gasteiger partial charge < -0.3 is 10.1 Å². The minimum atomic E-state index is -0.889. The summed E-state index contributed by atoms with van der Waals surface area (Å²) in [5.41, 5.74) is 0. The van der Waals surface area contributed by atoms with Crippen LogP contribution < -0.4 is 5.32 Å². The van der Waals surface area contributed by atoms with Gasteiger partial charge >= 0.3 is 5.97 Å². The minimum Gasteiger partial charge on any atom is -0.468 e. The number of halogens is 2. The third-order valence-electron chi connectivity index (χ3n) is 2.99. The molecule has 2 saturated heterocycles. The van der Waals surface area contributed by atoms with Crippen LogP contribution in [0.1, 0.15) is 6.42 Å². The van der Waals surface area contributed by atoms with E-state index in [4.69, 9.17) is 0 Å². The second-order valence-corrected chi connectivity index (χ2v) is 3.88. The summed E-state index contributed by atoms with van der Waals surface area (Å²) in [4.78, 5) is 13.3. The van der Waals surface area contributed by atoms with Crippen molar-refractivity contribution in [2.45, 2.75) is 24.7 Å². The van der Waals surface area contributed by atoms with Gasteiger partial charge in [-0.25, -0.2) is 4.39 Å². The summed E-state index contributed by atoms with van der Waals surface area (Å²) in [6, 6.07) is -0.0676. The van der Waals surface area contributed by atoms with Crippen LogP contribution >= 0.6 is 12.4 Å². The molecule has 0 radical (unpaired) electrons. The number of carbonyl (C=O) groups excluding carboxylic acids is 1. The highest BCUT2D eigenvalue weighted by Gasteiger charge is 2.42. The summed E-state index contributed by atoms with van der Waals surface area (Å²) in [6.07, 6.45) is -0.608. The Bertz CT molecular complexity index is 238. The fourth-order valence-electron chi connectivity index (χ4n) is 2.09. The van der Waals surface area contributed by atoms with Crippen molar-refractivity contribution in [3.05, 3.63) is 0 Å². The number of hydrogen-bond donors (Lipinski definition) is 1. The van der Waals surface area contributed by atoms with Crippen LogP contribution in [-0.2, 0) is 9.53 Å². The van der Waals surface area contributed by atoms with Crippen LogP contribution in [0.4, 0.5) is 4.39 Å². The van der Waals surface area contributed by atoms with Crippen molar-refractivity contribution in [3.8, 4) is 0 Å². The number of nitrogens with one attached hydrogen (secondary N) is 1. The predicted octanol–water partition coefficient (Wildman–Crippen LogP) is -0.0346. The fraction of sp³-hybridized carbons (Fsp3) is 0.889. The Morgan fingerprint density at radius 2 is 2.20 bits per heavy atom. The third-order valence-corrected chi connectivity index (χ3v) is 2.99. The molecule has 15 heavy (non-hydrogen) atoms. The Kier molecular flexibility index (Phi) is 4.31. The molecule has 88 valence electrons. The van der Waals surface area contributed by atoms with E-state index in [9.17, 15) is 9.18 Å². The lowest BCUT2D eigenvalue weighted by Gasteiger charge is -2.37. The quantitative estimate of drug-likeness (QED) is 0.686. The molecule has 2 atom stereocenters. The van der Waals surface area contributed by atoms with Crippen LogP contribution in [0.25, 0.3) is 0 Å². The molecule has 4 nitrogen and oxygen atoms in total. The van der Waals surface area contributed by atoms with Crippen molar-refractivity contribution in [3.63, 3.8) is 0 Å². The number of nitrogens with zero attached hydrogens (tertiary/aromatic N) is 1. The standard InChI is InChI=1S/C9H15FN2O2.ClH/c1-14-9(13)8-2-6(10)5-12(8)7-3-11-4-7;/h6-8,11H,2-5H2,1H3;1H. The van der Waals surface area contributed by atoms with E-state index < -0.39 is 6.17 Å². The first-order chi connectivity index (χ1) is 6.72. The molecule has 0 spiro atoms. The molecular weight excluding hydrogens is 223 g/mol. The van der Waals surface area contributed by atoms with Crippen LogP contribution in [0, 0.1) is 0 Å². The van der Waals surface area contributed by atoms with Crippen molar-refractivity contribution >= 4 is 18.4 Å². The average molecular weight is 239 g/mol. The van der Waals surface area contributed by atoms with E-state index >= 15 is 0 Å². The summed E-state index contributed by atoms with van der Waals surface area (Å²) >= 11 is 0. The second kappa shape index (κ2) is 5.09. The van der Waals surface area contributed by atoms with Crippen molar-refractivity contribution < 1.29 is 13.9 Å². The Balaban J connectivity index is 0.00000112. The van der Waals surface area contributed by atoms with Crippen LogP contribution in [0.15, 0.2) is 0 Å². The van der Waals surface area contributed by atoms with Crippen LogP contribution in [0.5, 0.6) is 0 Å². The number of alkyl halides is 1. The van der Waals surface area contributed by atoms with Gasteiger partial charge in [0.15, 0.2) is 0 Å². The van der Waals surface area contributed by atoms with Gasteiger partial charge in [-0.15, -0.1) is 12.4 Å². The highest BCUT2D eigenvalue weighted by Crippen LogP contribution is 2.25. The summed E-state index contributed by atoms with van der Waals surface area (Å²) in [7, 11) is 1.35. The topological polar surface area (TPSA) is 41.6 Å². The zero-order valence-electron chi connectivity index (χ0n) is 8.61. The lowest BCUT2D eigenvalue weighted by molar-refractivity contribution is -0.147. The Labute approximate surface area is 94.6 Å². The average Bonchev–Trinajstić information content (AvgIpc) is 2.43. The molecule has 0 aromatic heterocycles. The smallest absolute Gasteiger partial charge is 0.323 e. The van der Waals surface area contributed by atoms with Crippen molar-refractivity contribution in [2.75, 3.05) is 26.7 Å². The Morgan fingerprint density at radius 1 is 1.53 bits per heavy atom. The maximum Gasteiger partial charge on any atom is 0.323 e. The highest BCUT2D eigenvalue weighted by atomic mass is 35.5. The van der Waals surface area contributed by atoms with Gasteiger partial charge in [0.25, 0.3) is 0 Å². The van der Waals surface area contributed by atoms with E-state index in [1.54, 1.807) is 0 Å². The summed E-state index contributed by atoms with van der Waals surface area (Å²) in [5, 5.41) is 3.11. The maximum atomic E-state index is 13.2. The van der Waals surface area contributed by atoms with Crippen molar-refractivity contribution in [1.29, 1.82) is 0 Å². The van der Waals surface area contributed by atoms with Crippen LogP contribution in [0.3, 0.4) is 0 Å². The van der Waals surface area contributed by atoms with Gasteiger partial charge in [-0.2, -0.15) is 0 Å². The van der Waals surface area contributed by atoms with Crippen LogP contribution in [0.2, 0.25) is 0 Å². The van der Waals surface area contributed by atoms with E-state index in [0.29, 0.717) is 12.6 Å². The summed E-state index contributed by atoms with van der Waals surface area (Å²) in [5.74, 6) is -0.308. The predicted molar refractivity (Wildman–Crippen MR) is 55.9 cm³/mol. The van der Waals surface area contributed by atoms with Gasteiger partial charge in [-0.3, -0.25) is 9.69 Å². The summed E-state index contributed by atoms with van der Waals surface area (Å²) in [6.45, 7) is 2.06. The number of ether oxygens (including phenoxy) is 1. The molecule has 0 saturated carbocycles. The molecular formula is C9H16ClFN2O2. The SMILES string of the molecule is COC(=O)C1CC(F)CN1C1CNC1.Cl. The lowest BCUT2D eigenvalue weighted by atomic mass is 10.1. The molecule has 2 heterocycles. The number of carbonyl (C=O) groups is 1. The molecule has 2 aliphatic rings. The summed E-state index contributed by atoms with van der Waals surface area (Å²) < 4.78 is 17.8. The molecule has 2 rings (SSSR count). The van der Waals surface area contributed by atoms with Gasteiger partial charge in [0.2, 0.25) is 0 Å². The number of methoxy groups -OCH3 is 1. The Hall–Kier alpha value is -0.390. The number of likely N-dealkylation sites (tertiary alicyclic amines) is 1. The van der Waals surface area contributed by atoms with E-state index in [1.807, 2.05) is 4.90 Å². The van der Waals surface area contributed by atoms with E-state index in [0.717, 1.165) is 13.1 Å². The maximum absolute atomic E-state index is 13.2. The molecule has 1 N–H and O–H groups in total. The largest absolute Gasteiger partial charge is 0.468 e. The van der Waals surface area contributed by atoms with Gasteiger partial charge in [0.1, 0.15) is 12.2 Å².